The van der Waals surface area contributed by atoms with Crippen LogP contribution in [0, 0.1) is 0 Å². The van der Waals surface area contributed by atoms with Gasteiger partial charge in [0, 0.05) is 13.2 Å². The van der Waals surface area contributed by atoms with Gasteiger partial charge in [-0.25, -0.2) is 0 Å². The van der Waals surface area contributed by atoms with Gasteiger partial charge in [0.2, 0.25) is 0 Å². The van der Waals surface area contributed by atoms with E-state index in [2.05, 4.69) is 0 Å². The first kappa shape index (κ1) is 12.0. The van der Waals surface area contributed by atoms with Crippen LogP contribution >= 0.6 is 0 Å². The molecule has 84 valence electrons. The molecule has 0 aliphatic rings. The van der Waals surface area contributed by atoms with Gasteiger partial charge in [-0.05, 0) is 31.5 Å². The summed E-state index contributed by atoms with van der Waals surface area (Å²) in [7, 11) is 0. The van der Waals surface area contributed by atoms with Gasteiger partial charge in [-0.15, -0.1) is 0 Å². The molecule has 1 unspecified atom stereocenters. The molecule has 0 fully saturated rings. The van der Waals surface area contributed by atoms with Gasteiger partial charge in [0.1, 0.15) is 5.75 Å². The second-order valence-electron chi connectivity index (χ2n) is 3.18. The summed E-state index contributed by atoms with van der Waals surface area (Å²) < 4.78 is 10.9. The molecule has 0 radical (unpaired) electrons. The largest absolute Gasteiger partial charge is 0.494 e. The van der Waals surface area contributed by atoms with Crippen LogP contribution in [-0.4, -0.2) is 19.8 Å². The third-order valence-electron chi connectivity index (χ3n) is 2.14. The zero-order valence-electron chi connectivity index (χ0n) is 9.40. The first-order chi connectivity index (χ1) is 7.31. The van der Waals surface area contributed by atoms with E-state index in [9.17, 15) is 0 Å². The predicted molar refractivity (Wildman–Crippen MR) is 61.0 cm³/mol. The van der Waals surface area contributed by atoms with Gasteiger partial charge < -0.3 is 15.2 Å². The number of hydrogen-bond acceptors (Lipinski definition) is 3. The topological polar surface area (TPSA) is 44.5 Å². The number of rotatable bonds is 6. The third-order valence-corrected chi connectivity index (χ3v) is 2.14. The highest BCUT2D eigenvalue weighted by atomic mass is 16.5. The van der Waals surface area contributed by atoms with Crippen LogP contribution in [0.25, 0.3) is 0 Å². The molecule has 0 bridgehead atoms. The molecule has 1 aromatic carbocycles. The summed E-state index contributed by atoms with van der Waals surface area (Å²) in [4.78, 5) is 0. The summed E-state index contributed by atoms with van der Waals surface area (Å²) >= 11 is 0. The molecule has 3 nitrogen and oxygen atoms in total. The van der Waals surface area contributed by atoms with E-state index in [0.717, 1.165) is 11.3 Å². The van der Waals surface area contributed by atoms with Gasteiger partial charge in [-0.1, -0.05) is 12.1 Å². The molecule has 1 atom stereocenters. The molecular formula is C12H19NO2. The second kappa shape index (κ2) is 6.43. The minimum atomic E-state index is -0.00863. The maximum atomic E-state index is 5.63. The van der Waals surface area contributed by atoms with Crippen molar-refractivity contribution in [2.75, 3.05) is 19.8 Å². The molecule has 1 rings (SSSR count). The van der Waals surface area contributed by atoms with Crippen LogP contribution in [-0.2, 0) is 4.74 Å². The molecule has 0 saturated heterocycles. The van der Waals surface area contributed by atoms with E-state index in [4.69, 9.17) is 15.2 Å². The van der Waals surface area contributed by atoms with E-state index in [-0.39, 0.29) is 6.10 Å². The number of nitrogens with two attached hydrogens (primary N) is 1. The lowest BCUT2D eigenvalue weighted by Gasteiger charge is -2.15. The highest BCUT2D eigenvalue weighted by Gasteiger charge is 2.08. The van der Waals surface area contributed by atoms with Crippen molar-refractivity contribution in [1.82, 2.24) is 0 Å². The minimum absolute atomic E-state index is 0.00863. The Labute approximate surface area is 91.2 Å². The normalized spacial score (nSPS) is 12.5. The number of ether oxygens (including phenoxy) is 2. The van der Waals surface area contributed by atoms with Gasteiger partial charge in [0.25, 0.3) is 0 Å². The zero-order chi connectivity index (χ0) is 11.1. The van der Waals surface area contributed by atoms with Crippen LogP contribution in [0.3, 0.4) is 0 Å². The fraction of sp³-hybridized carbons (Fsp3) is 0.500. The van der Waals surface area contributed by atoms with E-state index in [1.54, 1.807) is 0 Å². The van der Waals surface area contributed by atoms with E-state index in [1.165, 1.54) is 0 Å². The fourth-order valence-electron chi connectivity index (χ4n) is 1.45. The van der Waals surface area contributed by atoms with Crippen molar-refractivity contribution in [3.63, 3.8) is 0 Å². The average Bonchev–Trinajstić information content (AvgIpc) is 2.28. The quantitative estimate of drug-likeness (QED) is 0.780. The second-order valence-corrected chi connectivity index (χ2v) is 3.18. The van der Waals surface area contributed by atoms with Crippen molar-refractivity contribution in [2.24, 2.45) is 5.73 Å². The maximum Gasteiger partial charge on any atom is 0.119 e. The van der Waals surface area contributed by atoms with E-state index in [0.29, 0.717) is 19.8 Å². The highest BCUT2D eigenvalue weighted by molar-refractivity contribution is 5.28. The van der Waals surface area contributed by atoms with Gasteiger partial charge in [0.05, 0.1) is 12.7 Å². The Morgan fingerprint density at radius 1 is 1.13 bits per heavy atom. The Balaban J connectivity index is 2.68. The highest BCUT2D eigenvalue weighted by Crippen LogP contribution is 2.19. The summed E-state index contributed by atoms with van der Waals surface area (Å²) in [6.45, 7) is 5.80. The summed E-state index contributed by atoms with van der Waals surface area (Å²) in [6, 6.07) is 7.89. The molecule has 0 spiro atoms. The third kappa shape index (κ3) is 3.53. The summed E-state index contributed by atoms with van der Waals surface area (Å²) in [5.41, 5.74) is 6.73. The molecule has 0 aliphatic heterocycles. The lowest BCUT2D eigenvalue weighted by Crippen LogP contribution is -2.15. The molecular weight excluding hydrogens is 190 g/mol. The minimum Gasteiger partial charge on any atom is -0.494 e. The van der Waals surface area contributed by atoms with Gasteiger partial charge in [-0.3, -0.25) is 0 Å². The Kier molecular flexibility index (Phi) is 5.15. The van der Waals surface area contributed by atoms with Crippen LogP contribution in [0.1, 0.15) is 25.5 Å². The van der Waals surface area contributed by atoms with Crippen molar-refractivity contribution in [3.05, 3.63) is 29.8 Å². The fourth-order valence-corrected chi connectivity index (χ4v) is 1.45. The molecule has 0 aromatic heterocycles. The predicted octanol–water partition coefficient (Wildman–Crippen LogP) is 2.12. The molecule has 2 N–H and O–H groups in total. The number of hydrogen-bond donors (Lipinski definition) is 1. The lowest BCUT2D eigenvalue weighted by molar-refractivity contribution is 0.0688. The Morgan fingerprint density at radius 3 is 2.27 bits per heavy atom. The van der Waals surface area contributed by atoms with Crippen LogP contribution in [0.5, 0.6) is 5.75 Å². The molecule has 1 aromatic rings. The Hall–Kier alpha value is -1.06. The Morgan fingerprint density at radius 2 is 1.80 bits per heavy atom. The first-order valence-corrected chi connectivity index (χ1v) is 5.36. The lowest BCUT2D eigenvalue weighted by atomic mass is 10.1. The molecule has 15 heavy (non-hydrogen) atoms. The smallest absolute Gasteiger partial charge is 0.119 e. The average molecular weight is 209 g/mol. The standard InChI is InChI=1S/C12H19NO2/c1-3-14-11-7-5-10(6-8-11)12(9-13)15-4-2/h5-8,12H,3-4,9,13H2,1-2H3. The molecule has 0 aliphatic carbocycles. The summed E-state index contributed by atoms with van der Waals surface area (Å²) in [6.07, 6.45) is -0.00863. The van der Waals surface area contributed by atoms with Gasteiger partial charge >= 0.3 is 0 Å². The first-order valence-electron chi connectivity index (χ1n) is 5.36. The van der Waals surface area contributed by atoms with Crippen LogP contribution < -0.4 is 10.5 Å². The molecule has 0 saturated carbocycles. The van der Waals surface area contributed by atoms with Crippen molar-refractivity contribution in [3.8, 4) is 5.75 Å². The van der Waals surface area contributed by atoms with Gasteiger partial charge in [0.15, 0.2) is 0 Å². The summed E-state index contributed by atoms with van der Waals surface area (Å²) in [5, 5.41) is 0. The van der Waals surface area contributed by atoms with Crippen molar-refractivity contribution >= 4 is 0 Å². The Bertz CT molecular complexity index is 271. The zero-order valence-corrected chi connectivity index (χ0v) is 9.40. The molecule has 0 heterocycles. The summed E-state index contributed by atoms with van der Waals surface area (Å²) in [5.74, 6) is 0.883. The molecule has 0 amide bonds. The van der Waals surface area contributed by atoms with Crippen molar-refractivity contribution < 1.29 is 9.47 Å². The van der Waals surface area contributed by atoms with Crippen molar-refractivity contribution in [1.29, 1.82) is 0 Å². The van der Waals surface area contributed by atoms with Crippen molar-refractivity contribution in [2.45, 2.75) is 20.0 Å². The van der Waals surface area contributed by atoms with E-state index >= 15 is 0 Å². The molecule has 3 heteroatoms. The van der Waals surface area contributed by atoms with Crippen LogP contribution in [0.15, 0.2) is 24.3 Å². The van der Waals surface area contributed by atoms with Gasteiger partial charge in [-0.2, -0.15) is 0 Å². The SMILES string of the molecule is CCOc1ccc(C(CN)OCC)cc1. The monoisotopic (exact) mass is 209 g/mol. The number of benzene rings is 1. The maximum absolute atomic E-state index is 5.63. The van der Waals surface area contributed by atoms with Crippen LogP contribution in [0.2, 0.25) is 0 Å². The van der Waals surface area contributed by atoms with Crippen LogP contribution in [0.4, 0.5) is 0 Å². The van der Waals surface area contributed by atoms with E-state index < -0.39 is 0 Å². The van der Waals surface area contributed by atoms with E-state index in [1.807, 2.05) is 38.1 Å².